The zero-order chi connectivity index (χ0) is 44.5. The normalized spacial score (nSPS) is 13.5. The lowest BCUT2D eigenvalue weighted by atomic mass is 10.0. The summed E-state index contributed by atoms with van der Waals surface area (Å²) >= 11 is 0. The summed E-state index contributed by atoms with van der Waals surface area (Å²) in [5.41, 5.74) is 0. The molecule has 0 aliphatic carbocycles. The zero-order valence-electron chi connectivity index (χ0n) is 40.8. The van der Waals surface area contributed by atoms with Gasteiger partial charge in [-0.1, -0.05) is 237 Å². The average molecular weight is 858 g/mol. The molecule has 0 spiro atoms. The van der Waals surface area contributed by atoms with Crippen LogP contribution in [0.1, 0.15) is 278 Å². The Hall–Kier alpha value is -1.92. The number of unbranched alkanes of at least 4 members (excludes halogenated alkanes) is 30. The molecule has 0 fully saturated rings. The van der Waals surface area contributed by atoms with E-state index in [0.29, 0.717) is 19.3 Å². The van der Waals surface area contributed by atoms with Crippen LogP contribution in [0.3, 0.4) is 0 Å². The molecule has 6 heteroatoms. The van der Waals surface area contributed by atoms with Crippen molar-refractivity contribution < 1.29 is 24.5 Å². The van der Waals surface area contributed by atoms with Gasteiger partial charge in [-0.25, -0.2) is 0 Å². The van der Waals surface area contributed by atoms with Gasteiger partial charge in [0.25, 0.3) is 0 Å². The molecule has 0 bridgehead atoms. The van der Waals surface area contributed by atoms with Gasteiger partial charge in [0, 0.05) is 6.42 Å². The van der Waals surface area contributed by atoms with E-state index in [0.717, 1.165) is 70.6 Å². The molecule has 3 unspecified atom stereocenters. The van der Waals surface area contributed by atoms with Gasteiger partial charge in [-0.2, -0.15) is 0 Å². The Labute approximate surface area is 379 Å². The summed E-state index contributed by atoms with van der Waals surface area (Å²) < 4.78 is 5.92. The Morgan fingerprint density at radius 1 is 0.475 bits per heavy atom. The molecule has 0 aliphatic heterocycles. The minimum absolute atomic E-state index is 0.0720. The molecule has 0 aromatic heterocycles. The average Bonchev–Trinajstić information content (AvgIpc) is 3.25. The van der Waals surface area contributed by atoms with Gasteiger partial charge in [-0.05, 0) is 64.2 Å². The van der Waals surface area contributed by atoms with E-state index >= 15 is 0 Å². The number of aliphatic hydroxyl groups is 2. The molecule has 0 saturated heterocycles. The third kappa shape index (κ3) is 44.5. The Morgan fingerprint density at radius 2 is 0.836 bits per heavy atom. The maximum absolute atomic E-state index is 13.2. The fraction of sp³-hybridized carbons (Fsp3) is 0.855. The van der Waals surface area contributed by atoms with Crippen LogP contribution >= 0.6 is 0 Å². The van der Waals surface area contributed by atoms with Crippen molar-refractivity contribution in [3.63, 3.8) is 0 Å². The fourth-order valence-corrected chi connectivity index (χ4v) is 8.14. The Balaban J connectivity index is 4.49. The Kier molecular flexibility index (Phi) is 47.6. The quantitative estimate of drug-likeness (QED) is 0.0322. The van der Waals surface area contributed by atoms with Gasteiger partial charge in [-0.3, -0.25) is 9.59 Å². The third-order valence-electron chi connectivity index (χ3n) is 12.2. The molecule has 61 heavy (non-hydrogen) atoms. The molecule has 3 N–H and O–H groups in total. The number of hydrogen-bond donors (Lipinski definition) is 3. The van der Waals surface area contributed by atoms with Crippen molar-refractivity contribution in [2.24, 2.45) is 0 Å². The number of carbonyl (C=O) groups is 2. The van der Waals surface area contributed by atoms with Gasteiger partial charge in [0.15, 0.2) is 0 Å². The van der Waals surface area contributed by atoms with Crippen LogP contribution in [-0.4, -0.2) is 46.9 Å². The van der Waals surface area contributed by atoms with E-state index in [1.165, 1.54) is 161 Å². The largest absolute Gasteiger partial charge is 0.462 e. The van der Waals surface area contributed by atoms with Crippen molar-refractivity contribution in [1.82, 2.24) is 5.32 Å². The van der Waals surface area contributed by atoms with Crippen molar-refractivity contribution in [3.8, 4) is 0 Å². The molecule has 0 aromatic rings. The number of rotatable bonds is 48. The van der Waals surface area contributed by atoms with Crippen LogP contribution < -0.4 is 5.32 Å². The molecule has 1 amide bonds. The summed E-state index contributed by atoms with van der Waals surface area (Å²) in [7, 11) is 0. The molecular weight excluding hydrogens is 755 g/mol. The number of ether oxygens (including phenoxy) is 1. The van der Waals surface area contributed by atoms with Crippen LogP contribution in [0.25, 0.3) is 0 Å². The Morgan fingerprint density at radius 3 is 1.30 bits per heavy atom. The highest BCUT2D eigenvalue weighted by molar-refractivity contribution is 5.77. The van der Waals surface area contributed by atoms with E-state index in [1.54, 1.807) is 0 Å². The molecule has 0 aromatic carbocycles. The first-order valence-electron chi connectivity index (χ1n) is 26.7. The van der Waals surface area contributed by atoms with Crippen LogP contribution in [0, 0.1) is 0 Å². The van der Waals surface area contributed by atoms with E-state index in [2.05, 4.69) is 62.5 Å². The van der Waals surface area contributed by atoms with Crippen LogP contribution in [0.15, 0.2) is 36.5 Å². The number of carbonyl (C=O) groups excluding carboxylic acids is 2. The third-order valence-corrected chi connectivity index (χ3v) is 12.2. The predicted molar refractivity (Wildman–Crippen MR) is 264 cm³/mol. The van der Waals surface area contributed by atoms with E-state index < -0.39 is 18.2 Å². The summed E-state index contributed by atoms with van der Waals surface area (Å²) in [4.78, 5) is 26.1. The molecule has 0 heterocycles. The molecule has 3 atom stereocenters. The van der Waals surface area contributed by atoms with E-state index in [9.17, 15) is 19.8 Å². The van der Waals surface area contributed by atoms with E-state index in [-0.39, 0.29) is 24.9 Å². The van der Waals surface area contributed by atoms with Crippen molar-refractivity contribution >= 4 is 11.9 Å². The van der Waals surface area contributed by atoms with Crippen LogP contribution in [0.5, 0.6) is 0 Å². The topological polar surface area (TPSA) is 95.9 Å². The number of aliphatic hydroxyl groups excluding tert-OH is 2. The second-order valence-electron chi connectivity index (χ2n) is 18.3. The minimum Gasteiger partial charge on any atom is -0.462 e. The lowest BCUT2D eigenvalue weighted by molar-refractivity contribution is -0.151. The lowest BCUT2D eigenvalue weighted by Gasteiger charge is -2.24. The number of hydrogen-bond acceptors (Lipinski definition) is 5. The second-order valence-corrected chi connectivity index (χ2v) is 18.3. The van der Waals surface area contributed by atoms with E-state index in [4.69, 9.17) is 4.74 Å². The molecule has 0 aliphatic rings. The standard InChI is InChI=1S/C55H103NO5/c1-4-7-10-13-16-19-22-24-26-27-29-31-33-36-39-42-45-48-55(60)61-51(46-43-40-37-34-21-18-15-12-9-6-3)49-54(59)56-52(50-57)53(58)47-44-41-38-35-32-30-28-25-23-20-17-14-11-8-5-2/h16,19,24,26,29,31,51-53,57-58H,4-15,17-18,20-23,25,27-28,30,32-50H2,1-3H3,(H,56,59)/b19-16-,26-24-,31-29-. The molecule has 0 rings (SSSR count). The van der Waals surface area contributed by atoms with Crippen molar-refractivity contribution in [3.05, 3.63) is 36.5 Å². The monoisotopic (exact) mass is 858 g/mol. The smallest absolute Gasteiger partial charge is 0.306 e. The van der Waals surface area contributed by atoms with Crippen LogP contribution in [0.4, 0.5) is 0 Å². The number of amides is 1. The first-order valence-corrected chi connectivity index (χ1v) is 26.7. The van der Waals surface area contributed by atoms with Gasteiger partial charge in [-0.15, -0.1) is 0 Å². The lowest BCUT2D eigenvalue weighted by Crippen LogP contribution is -2.46. The fourth-order valence-electron chi connectivity index (χ4n) is 8.14. The summed E-state index contributed by atoms with van der Waals surface area (Å²) in [6.07, 6.45) is 57.7. The summed E-state index contributed by atoms with van der Waals surface area (Å²) in [6, 6.07) is -0.702. The highest BCUT2D eigenvalue weighted by Crippen LogP contribution is 2.18. The Bertz CT molecular complexity index is 1010. The minimum atomic E-state index is -0.788. The number of esters is 1. The van der Waals surface area contributed by atoms with Crippen molar-refractivity contribution in [2.75, 3.05) is 6.61 Å². The van der Waals surface area contributed by atoms with Crippen LogP contribution in [-0.2, 0) is 14.3 Å². The maximum atomic E-state index is 13.2. The van der Waals surface area contributed by atoms with E-state index in [1.807, 2.05) is 0 Å². The van der Waals surface area contributed by atoms with Crippen molar-refractivity contribution in [1.29, 1.82) is 0 Å². The summed E-state index contributed by atoms with van der Waals surface area (Å²) in [5.74, 6) is -0.489. The SMILES string of the molecule is CCCCC/C=C\C/C=C\C/C=C\CCCCCCC(=O)OC(CCCCCCCCCCCC)CC(=O)NC(CO)C(O)CCCCCCCCCCCCCCCCC. The highest BCUT2D eigenvalue weighted by Gasteiger charge is 2.24. The molecule has 0 radical (unpaired) electrons. The predicted octanol–water partition coefficient (Wildman–Crippen LogP) is 16.1. The van der Waals surface area contributed by atoms with Gasteiger partial charge < -0.3 is 20.3 Å². The van der Waals surface area contributed by atoms with Gasteiger partial charge >= 0.3 is 5.97 Å². The molecule has 358 valence electrons. The maximum Gasteiger partial charge on any atom is 0.306 e. The number of allylic oxidation sites excluding steroid dienone is 6. The second kappa shape index (κ2) is 49.1. The number of nitrogens with one attached hydrogen (secondary N) is 1. The molecular formula is C55H103NO5. The van der Waals surface area contributed by atoms with Gasteiger partial charge in [0.2, 0.25) is 5.91 Å². The molecule has 6 nitrogen and oxygen atoms in total. The zero-order valence-corrected chi connectivity index (χ0v) is 40.8. The first-order chi connectivity index (χ1) is 30.0. The molecule has 0 saturated carbocycles. The van der Waals surface area contributed by atoms with Gasteiger partial charge in [0.05, 0.1) is 25.2 Å². The van der Waals surface area contributed by atoms with Crippen molar-refractivity contribution in [2.45, 2.75) is 296 Å². The first kappa shape index (κ1) is 59.1. The highest BCUT2D eigenvalue weighted by atomic mass is 16.5. The summed E-state index contributed by atoms with van der Waals surface area (Å²) in [5, 5.41) is 23.8. The van der Waals surface area contributed by atoms with Crippen LogP contribution in [0.2, 0.25) is 0 Å². The van der Waals surface area contributed by atoms with Gasteiger partial charge in [0.1, 0.15) is 6.10 Å². The summed E-state index contributed by atoms with van der Waals surface area (Å²) in [6.45, 7) is 6.46.